The predicted molar refractivity (Wildman–Crippen MR) is 109 cm³/mol. The first-order chi connectivity index (χ1) is 14.0. The number of Topliss-reactive ketones (excluding diaryl/α,β-unsaturated/α-hetero) is 1. The lowest BCUT2D eigenvalue weighted by atomic mass is 9.77. The molecule has 0 N–H and O–H groups in total. The van der Waals surface area contributed by atoms with Crippen LogP contribution in [0.1, 0.15) is 43.7 Å². The van der Waals surface area contributed by atoms with Gasteiger partial charge in [0.15, 0.2) is 11.5 Å². The molecule has 1 saturated carbocycles. The molecule has 6 nitrogen and oxygen atoms in total. The largest absolute Gasteiger partial charge is 0.497 e. The first-order valence-corrected chi connectivity index (χ1v) is 10.6. The maximum Gasteiger partial charge on any atom is 0.290 e. The number of ether oxygens (including phenoxy) is 2. The van der Waals surface area contributed by atoms with E-state index in [1.165, 1.54) is 0 Å². The number of fused-ring (bicyclic) bond motifs is 1. The summed E-state index contributed by atoms with van der Waals surface area (Å²) >= 11 is 0. The average molecular weight is 399 g/mol. The number of benzene rings is 1. The molecule has 2 aliphatic heterocycles. The molecule has 1 fully saturated rings. The van der Waals surface area contributed by atoms with Crippen molar-refractivity contribution in [1.29, 1.82) is 0 Å². The van der Waals surface area contributed by atoms with E-state index in [0.717, 1.165) is 50.0 Å². The maximum atomic E-state index is 13.5. The molecule has 1 aliphatic carbocycles. The average Bonchev–Trinajstić information content (AvgIpc) is 3.00. The van der Waals surface area contributed by atoms with E-state index in [4.69, 9.17) is 9.47 Å². The fourth-order valence-electron chi connectivity index (χ4n) is 4.84. The number of carbonyl (C=O) groups excluding carboxylic acids is 2. The van der Waals surface area contributed by atoms with Crippen LogP contribution in [0.25, 0.3) is 0 Å². The fourth-order valence-corrected chi connectivity index (χ4v) is 4.84. The SMILES string of the molecule is COc1cccc(C2C3=C(OC4CCCCC4C3=O)C(=O)N2CCCN(C)C)c1. The van der Waals surface area contributed by atoms with Crippen LogP contribution in [-0.2, 0) is 14.3 Å². The van der Waals surface area contributed by atoms with Crippen LogP contribution in [0.4, 0.5) is 0 Å². The molecule has 0 bridgehead atoms. The van der Waals surface area contributed by atoms with Gasteiger partial charge in [-0.1, -0.05) is 18.6 Å². The lowest BCUT2D eigenvalue weighted by Gasteiger charge is -2.35. The Balaban J connectivity index is 1.72. The molecular formula is C23H30N2O4. The molecule has 0 saturated heterocycles. The molecule has 6 heteroatoms. The number of methoxy groups -OCH3 is 1. The van der Waals surface area contributed by atoms with Gasteiger partial charge >= 0.3 is 0 Å². The number of carbonyl (C=O) groups is 2. The van der Waals surface area contributed by atoms with Gasteiger partial charge < -0.3 is 19.3 Å². The molecule has 156 valence electrons. The van der Waals surface area contributed by atoms with Crippen LogP contribution >= 0.6 is 0 Å². The normalized spacial score (nSPS) is 26.5. The number of nitrogens with zero attached hydrogens (tertiary/aromatic N) is 2. The molecule has 3 unspecified atom stereocenters. The third-order valence-electron chi connectivity index (χ3n) is 6.27. The van der Waals surface area contributed by atoms with Crippen molar-refractivity contribution in [3.63, 3.8) is 0 Å². The van der Waals surface area contributed by atoms with Crippen molar-refractivity contribution in [2.24, 2.45) is 5.92 Å². The van der Waals surface area contributed by atoms with Gasteiger partial charge in [0.25, 0.3) is 5.91 Å². The third kappa shape index (κ3) is 3.66. The molecule has 1 amide bonds. The highest BCUT2D eigenvalue weighted by atomic mass is 16.5. The number of amides is 1. The molecule has 0 spiro atoms. The monoisotopic (exact) mass is 398 g/mol. The van der Waals surface area contributed by atoms with Gasteiger partial charge in [0, 0.05) is 6.54 Å². The van der Waals surface area contributed by atoms with Gasteiger partial charge in [0.2, 0.25) is 0 Å². The second-order valence-corrected chi connectivity index (χ2v) is 8.49. The molecule has 1 aromatic carbocycles. The Morgan fingerprint density at radius 3 is 2.76 bits per heavy atom. The number of hydrogen-bond acceptors (Lipinski definition) is 5. The summed E-state index contributed by atoms with van der Waals surface area (Å²) in [7, 11) is 5.66. The van der Waals surface area contributed by atoms with Crippen LogP contribution in [0, 0.1) is 5.92 Å². The molecule has 1 aromatic rings. The van der Waals surface area contributed by atoms with Crippen LogP contribution < -0.4 is 4.74 Å². The number of ketones is 1. The van der Waals surface area contributed by atoms with Crippen LogP contribution in [-0.4, -0.2) is 61.9 Å². The van der Waals surface area contributed by atoms with E-state index >= 15 is 0 Å². The maximum absolute atomic E-state index is 13.5. The summed E-state index contributed by atoms with van der Waals surface area (Å²) in [6, 6.07) is 7.28. The summed E-state index contributed by atoms with van der Waals surface area (Å²) in [6.45, 7) is 1.46. The van der Waals surface area contributed by atoms with Crippen molar-refractivity contribution in [3.05, 3.63) is 41.2 Å². The standard InChI is InChI=1S/C23H30N2O4/c1-24(2)12-7-13-25-20(15-8-6-9-16(14-15)28-3)19-21(26)17-10-4-5-11-18(17)29-22(19)23(25)27/h6,8-9,14,17-18,20H,4-5,7,10-13H2,1-3H3. The minimum atomic E-state index is -0.398. The molecule has 0 aromatic heterocycles. The van der Waals surface area contributed by atoms with Crippen molar-refractivity contribution in [3.8, 4) is 5.75 Å². The van der Waals surface area contributed by atoms with Crippen LogP contribution in [0.2, 0.25) is 0 Å². The van der Waals surface area contributed by atoms with Gasteiger partial charge in [-0.2, -0.15) is 0 Å². The van der Waals surface area contributed by atoms with Gasteiger partial charge in [-0.25, -0.2) is 0 Å². The Labute approximate surface area is 172 Å². The van der Waals surface area contributed by atoms with E-state index in [-0.39, 0.29) is 29.5 Å². The van der Waals surface area contributed by atoms with E-state index in [0.29, 0.717) is 12.1 Å². The lowest BCUT2D eigenvalue weighted by Crippen LogP contribution is -2.39. The Morgan fingerprint density at radius 2 is 2.00 bits per heavy atom. The van der Waals surface area contributed by atoms with E-state index in [1.807, 2.05) is 43.3 Å². The Bertz CT molecular complexity index is 832. The van der Waals surface area contributed by atoms with Gasteiger partial charge in [-0.15, -0.1) is 0 Å². The topological polar surface area (TPSA) is 59.1 Å². The molecule has 4 rings (SSSR count). The molecule has 3 atom stereocenters. The summed E-state index contributed by atoms with van der Waals surface area (Å²) in [4.78, 5) is 30.7. The minimum Gasteiger partial charge on any atom is -0.497 e. The smallest absolute Gasteiger partial charge is 0.290 e. The lowest BCUT2D eigenvalue weighted by molar-refractivity contribution is -0.135. The highest BCUT2D eigenvalue weighted by Crippen LogP contribution is 2.47. The van der Waals surface area contributed by atoms with Crippen molar-refractivity contribution in [1.82, 2.24) is 9.80 Å². The van der Waals surface area contributed by atoms with Crippen molar-refractivity contribution >= 4 is 11.7 Å². The van der Waals surface area contributed by atoms with E-state index < -0.39 is 6.04 Å². The summed E-state index contributed by atoms with van der Waals surface area (Å²) in [6.07, 6.45) is 4.48. The Morgan fingerprint density at radius 1 is 1.21 bits per heavy atom. The summed E-state index contributed by atoms with van der Waals surface area (Å²) in [5, 5.41) is 0. The van der Waals surface area contributed by atoms with Gasteiger partial charge in [-0.3, -0.25) is 9.59 Å². The van der Waals surface area contributed by atoms with Crippen LogP contribution in [0.15, 0.2) is 35.6 Å². The van der Waals surface area contributed by atoms with Crippen LogP contribution in [0.5, 0.6) is 5.75 Å². The molecular weight excluding hydrogens is 368 g/mol. The summed E-state index contributed by atoms with van der Waals surface area (Å²) < 4.78 is 11.6. The summed E-state index contributed by atoms with van der Waals surface area (Å²) in [5.41, 5.74) is 1.45. The quantitative estimate of drug-likeness (QED) is 0.737. The first kappa shape index (κ1) is 20.0. The van der Waals surface area contributed by atoms with Crippen LogP contribution in [0.3, 0.4) is 0 Å². The zero-order valence-corrected chi connectivity index (χ0v) is 17.5. The Hall–Kier alpha value is -2.34. The summed E-state index contributed by atoms with van der Waals surface area (Å²) in [5.74, 6) is 0.842. The zero-order valence-electron chi connectivity index (χ0n) is 17.5. The number of rotatable bonds is 6. The van der Waals surface area contributed by atoms with Gasteiger partial charge in [0.05, 0.1) is 24.6 Å². The first-order valence-electron chi connectivity index (χ1n) is 10.6. The zero-order chi connectivity index (χ0) is 20.5. The molecule has 29 heavy (non-hydrogen) atoms. The number of hydrogen-bond donors (Lipinski definition) is 0. The fraction of sp³-hybridized carbons (Fsp3) is 0.565. The van der Waals surface area contributed by atoms with Gasteiger partial charge in [-0.05, 0) is 64.0 Å². The highest BCUT2D eigenvalue weighted by Gasteiger charge is 2.51. The van der Waals surface area contributed by atoms with Crippen molar-refractivity contribution in [2.75, 3.05) is 34.3 Å². The van der Waals surface area contributed by atoms with Crippen molar-refractivity contribution in [2.45, 2.75) is 44.2 Å². The molecule has 2 heterocycles. The Kier molecular flexibility index (Phi) is 5.63. The molecule has 3 aliphatic rings. The third-order valence-corrected chi connectivity index (χ3v) is 6.27. The van der Waals surface area contributed by atoms with Gasteiger partial charge in [0.1, 0.15) is 11.9 Å². The van der Waals surface area contributed by atoms with E-state index in [9.17, 15) is 9.59 Å². The van der Waals surface area contributed by atoms with Crippen molar-refractivity contribution < 1.29 is 19.1 Å². The second kappa shape index (κ2) is 8.19. The highest BCUT2D eigenvalue weighted by molar-refractivity contribution is 6.11. The van der Waals surface area contributed by atoms with E-state index in [1.54, 1.807) is 7.11 Å². The minimum absolute atomic E-state index is 0.104. The molecule has 0 radical (unpaired) electrons. The predicted octanol–water partition coefficient (Wildman–Crippen LogP) is 2.94. The van der Waals surface area contributed by atoms with E-state index in [2.05, 4.69) is 4.90 Å². The second-order valence-electron chi connectivity index (χ2n) is 8.49.